The van der Waals surface area contributed by atoms with Crippen molar-refractivity contribution in [3.8, 4) is 0 Å². The molecule has 0 aliphatic heterocycles. The number of imidazole rings is 1. The largest absolute Gasteiger partial charge is 0.350 e. The molecular weight excluding hydrogens is 264 g/mol. The van der Waals surface area contributed by atoms with Crippen molar-refractivity contribution in [3.63, 3.8) is 0 Å². The molecule has 0 bridgehead atoms. The van der Waals surface area contributed by atoms with E-state index in [-0.39, 0.29) is 12.5 Å². The molecule has 1 aromatic carbocycles. The molecule has 0 unspecified atom stereocenters. The summed E-state index contributed by atoms with van der Waals surface area (Å²) in [5.74, 6) is -0.113. The third-order valence-corrected chi connectivity index (χ3v) is 3.01. The van der Waals surface area contributed by atoms with Crippen molar-refractivity contribution in [3.05, 3.63) is 53.1 Å². The van der Waals surface area contributed by atoms with Gasteiger partial charge in [0.1, 0.15) is 6.54 Å². The number of nitrogens with one attached hydrogen (secondary N) is 1. The smallest absolute Gasteiger partial charge is 0.240 e. The summed E-state index contributed by atoms with van der Waals surface area (Å²) in [6, 6.07) is 7.81. The maximum atomic E-state index is 11.7. The number of hydrogen-bond acceptors (Lipinski definition) is 3. The zero-order valence-corrected chi connectivity index (χ0v) is 11.1. The molecule has 2 rings (SSSR count). The molecule has 1 aromatic heterocycles. The van der Waals surface area contributed by atoms with Gasteiger partial charge in [-0.3, -0.25) is 4.79 Å². The summed E-state index contributed by atoms with van der Waals surface area (Å²) >= 11 is 5.80. The second kappa shape index (κ2) is 6.36. The molecule has 0 saturated carbocycles. The van der Waals surface area contributed by atoms with Crippen molar-refractivity contribution in [2.45, 2.75) is 19.6 Å². The first-order valence-corrected chi connectivity index (χ1v) is 6.28. The summed E-state index contributed by atoms with van der Waals surface area (Å²) < 4.78 is 1.58. The van der Waals surface area contributed by atoms with Crippen LogP contribution in [0.3, 0.4) is 0 Å². The Morgan fingerprint density at radius 3 is 2.89 bits per heavy atom. The van der Waals surface area contributed by atoms with Gasteiger partial charge in [0.25, 0.3) is 0 Å². The molecule has 0 radical (unpaired) electrons. The lowest BCUT2D eigenvalue weighted by Gasteiger charge is -2.07. The number of carbonyl (C=O) groups is 1. The van der Waals surface area contributed by atoms with E-state index in [2.05, 4.69) is 10.3 Å². The minimum atomic E-state index is -0.113. The highest BCUT2D eigenvalue weighted by molar-refractivity contribution is 6.28. The van der Waals surface area contributed by atoms with Crippen molar-refractivity contribution < 1.29 is 4.79 Å². The van der Waals surface area contributed by atoms with Gasteiger partial charge in [-0.1, -0.05) is 24.3 Å². The number of nitrogens with zero attached hydrogens (tertiary/aromatic N) is 2. The summed E-state index contributed by atoms with van der Waals surface area (Å²) in [5, 5.41) is 3.13. The molecular formula is C13H15ClN4O. The highest BCUT2D eigenvalue weighted by Crippen LogP contribution is 2.05. The second-order valence-corrected chi connectivity index (χ2v) is 4.46. The molecule has 0 spiro atoms. The number of nitrogens with two attached hydrogens (primary N) is 1. The van der Waals surface area contributed by atoms with Crippen LogP contribution in [-0.2, 0) is 24.4 Å². The monoisotopic (exact) mass is 278 g/mol. The topological polar surface area (TPSA) is 72.9 Å². The quantitative estimate of drug-likeness (QED) is 0.866. The van der Waals surface area contributed by atoms with Gasteiger partial charge in [0, 0.05) is 25.5 Å². The minimum absolute atomic E-state index is 0.113. The van der Waals surface area contributed by atoms with Crippen LogP contribution in [0.15, 0.2) is 36.7 Å². The van der Waals surface area contributed by atoms with E-state index in [1.165, 1.54) is 0 Å². The Bertz CT molecular complexity index is 567. The SMILES string of the molecule is NCc1cccc(CNC(=O)Cn2ccnc2Cl)c1. The van der Waals surface area contributed by atoms with E-state index in [9.17, 15) is 4.79 Å². The Morgan fingerprint density at radius 2 is 2.21 bits per heavy atom. The number of benzene rings is 1. The first kappa shape index (κ1) is 13.6. The zero-order valence-electron chi connectivity index (χ0n) is 10.3. The Labute approximate surface area is 116 Å². The molecule has 100 valence electrons. The van der Waals surface area contributed by atoms with Crippen LogP contribution in [0.25, 0.3) is 0 Å². The number of amides is 1. The predicted octanol–water partition coefficient (Wildman–Crippen LogP) is 1.31. The van der Waals surface area contributed by atoms with E-state index >= 15 is 0 Å². The number of carbonyl (C=O) groups excluding carboxylic acids is 1. The van der Waals surface area contributed by atoms with Gasteiger partial charge in [-0.15, -0.1) is 0 Å². The van der Waals surface area contributed by atoms with Crippen LogP contribution in [0.2, 0.25) is 5.28 Å². The first-order valence-electron chi connectivity index (χ1n) is 5.90. The van der Waals surface area contributed by atoms with Crippen LogP contribution >= 0.6 is 11.6 Å². The Kier molecular flexibility index (Phi) is 4.54. The molecule has 1 amide bonds. The molecule has 5 nitrogen and oxygen atoms in total. The van der Waals surface area contributed by atoms with Gasteiger partial charge < -0.3 is 15.6 Å². The van der Waals surface area contributed by atoms with Crippen LogP contribution in [0, 0.1) is 0 Å². The summed E-state index contributed by atoms with van der Waals surface area (Å²) in [4.78, 5) is 15.6. The van der Waals surface area contributed by atoms with Crippen molar-refractivity contribution in [1.82, 2.24) is 14.9 Å². The molecule has 0 atom stereocenters. The Hall–Kier alpha value is -1.85. The zero-order chi connectivity index (χ0) is 13.7. The standard InChI is InChI=1S/C13H15ClN4O/c14-13-16-4-5-18(13)9-12(19)17-8-11-3-1-2-10(6-11)7-15/h1-6H,7-9,15H2,(H,17,19). The van der Waals surface area contributed by atoms with E-state index in [0.29, 0.717) is 18.4 Å². The Morgan fingerprint density at radius 1 is 1.42 bits per heavy atom. The van der Waals surface area contributed by atoms with Gasteiger partial charge >= 0.3 is 0 Å². The van der Waals surface area contributed by atoms with Gasteiger partial charge in [0.05, 0.1) is 0 Å². The van der Waals surface area contributed by atoms with Crippen LogP contribution in [0.4, 0.5) is 0 Å². The fourth-order valence-corrected chi connectivity index (χ4v) is 1.88. The number of aromatic nitrogens is 2. The fourth-order valence-electron chi connectivity index (χ4n) is 1.71. The van der Waals surface area contributed by atoms with Crippen molar-refractivity contribution in [1.29, 1.82) is 0 Å². The van der Waals surface area contributed by atoms with Gasteiger partial charge in [-0.05, 0) is 22.7 Å². The molecule has 6 heteroatoms. The van der Waals surface area contributed by atoms with Crippen LogP contribution in [-0.4, -0.2) is 15.5 Å². The van der Waals surface area contributed by atoms with Crippen LogP contribution in [0.5, 0.6) is 0 Å². The predicted molar refractivity (Wildman–Crippen MR) is 73.4 cm³/mol. The highest BCUT2D eigenvalue weighted by Gasteiger charge is 2.05. The molecule has 0 aliphatic carbocycles. The average molecular weight is 279 g/mol. The van der Waals surface area contributed by atoms with Gasteiger partial charge in [0.2, 0.25) is 11.2 Å². The highest BCUT2D eigenvalue weighted by atomic mass is 35.5. The summed E-state index contributed by atoms with van der Waals surface area (Å²) in [7, 11) is 0. The third kappa shape index (κ3) is 3.81. The summed E-state index contributed by atoms with van der Waals surface area (Å²) in [5.41, 5.74) is 7.64. The maximum Gasteiger partial charge on any atom is 0.240 e. The first-order chi connectivity index (χ1) is 9.19. The van der Waals surface area contributed by atoms with Crippen molar-refractivity contribution >= 4 is 17.5 Å². The molecule has 0 saturated heterocycles. The van der Waals surface area contributed by atoms with Gasteiger partial charge in [-0.25, -0.2) is 4.98 Å². The molecule has 3 N–H and O–H groups in total. The summed E-state index contributed by atoms with van der Waals surface area (Å²) in [6.07, 6.45) is 3.22. The molecule has 0 fully saturated rings. The fraction of sp³-hybridized carbons (Fsp3) is 0.231. The molecule has 2 aromatic rings. The second-order valence-electron chi connectivity index (χ2n) is 4.12. The van der Waals surface area contributed by atoms with E-state index < -0.39 is 0 Å². The number of hydrogen-bond donors (Lipinski definition) is 2. The van der Waals surface area contributed by atoms with E-state index in [0.717, 1.165) is 11.1 Å². The van der Waals surface area contributed by atoms with Gasteiger partial charge in [0.15, 0.2) is 0 Å². The van der Waals surface area contributed by atoms with Crippen LogP contribution in [0.1, 0.15) is 11.1 Å². The number of rotatable bonds is 5. The van der Waals surface area contributed by atoms with Gasteiger partial charge in [-0.2, -0.15) is 0 Å². The van der Waals surface area contributed by atoms with Crippen LogP contribution < -0.4 is 11.1 Å². The lowest BCUT2D eigenvalue weighted by Crippen LogP contribution is -2.27. The summed E-state index contributed by atoms with van der Waals surface area (Å²) in [6.45, 7) is 1.13. The molecule has 19 heavy (non-hydrogen) atoms. The number of halogens is 1. The normalized spacial score (nSPS) is 10.4. The minimum Gasteiger partial charge on any atom is -0.350 e. The third-order valence-electron chi connectivity index (χ3n) is 2.70. The van der Waals surface area contributed by atoms with E-state index in [4.69, 9.17) is 17.3 Å². The maximum absolute atomic E-state index is 11.7. The average Bonchev–Trinajstić information content (AvgIpc) is 2.82. The van der Waals surface area contributed by atoms with Crippen molar-refractivity contribution in [2.24, 2.45) is 5.73 Å². The molecule has 1 heterocycles. The molecule has 0 aliphatic rings. The lowest BCUT2D eigenvalue weighted by molar-refractivity contribution is -0.121. The lowest BCUT2D eigenvalue weighted by atomic mass is 10.1. The Balaban J connectivity index is 1.88. The van der Waals surface area contributed by atoms with Crippen molar-refractivity contribution in [2.75, 3.05) is 0 Å². The van der Waals surface area contributed by atoms with E-state index in [1.807, 2.05) is 24.3 Å². The van der Waals surface area contributed by atoms with E-state index in [1.54, 1.807) is 17.0 Å².